The summed E-state index contributed by atoms with van der Waals surface area (Å²) in [5, 5.41) is 27.5. The molecule has 0 aliphatic rings. The van der Waals surface area contributed by atoms with E-state index in [9.17, 15) is 14.9 Å². The molecule has 1 aromatic carbocycles. The molecule has 0 spiro atoms. The van der Waals surface area contributed by atoms with E-state index in [0.717, 1.165) is 12.1 Å². The van der Waals surface area contributed by atoms with Crippen LogP contribution in [0.15, 0.2) is 24.3 Å². The molecule has 0 aromatic heterocycles. The molecule has 0 radical (unpaired) electrons. The highest BCUT2D eigenvalue weighted by atomic mass is 16.6. The minimum absolute atomic E-state index is 0.0422. The van der Waals surface area contributed by atoms with Gasteiger partial charge in [-0.25, -0.2) is 4.79 Å². The second-order valence-corrected chi connectivity index (χ2v) is 3.88. The van der Waals surface area contributed by atoms with Crippen molar-refractivity contribution < 1.29 is 19.9 Å². The van der Waals surface area contributed by atoms with Gasteiger partial charge in [-0.05, 0) is 25.5 Å². The highest BCUT2D eigenvalue weighted by Gasteiger charge is 2.10. The van der Waals surface area contributed by atoms with Crippen LogP contribution >= 0.6 is 0 Å². The van der Waals surface area contributed by atoms with Gasteiger partial charge < -0.3 is 10.2 Å². The zero-order chi connectivity index (χ0) is 15.1. The Bertz CT molecular complexity index is 452. The van der Waals surface area contributed by atoms with E-state index < -0.39 is 16.5 Å². The minimum Gasteiger partial charge on any atom is -0.478 e. The fraction of sp³-hybridized carbons (Fsp3) is 0.308. The minimum atomic E-state index is -1.09. The lowest BCUT2D eigenvalue weighted by atomic mass is 10.1. The van der Waals surface area contributed by atoms with Gasteiger partial charge in [0.15, 0.2) is 0 Å². The zero-order valence-electron chi connectivity index (χ0n) is 10.7. The summed E-state index contributed by atoms with van der Waals surface area (Å²) in [7, 11) is 0. The lowest BCUT2D eigenvalue weighted by Crippen LogP contribution is -2.18. The third kappa shape index (κ3) is 6.19. The number of nitro benzene ring substituents is 1. The maximum atomic E-state index is 10.3. The predicted molar refractivity (Wildman–Crippen MR) is 69.8 cm³/mol. The van der Waals surface area contributed by atoms with Gasteiger partial charge in [-0.15, -0.1) is 6.42 Å². The summed E-state index contributed by atoms with van der Waals surface area (Å²) in [5.74, 6) is 1.15. The predicted octanol–water partition coefficient (Wildman–Crippen LogP) is 2.07. The fourth-order valence-corrected chi connectivity index (χ4v) is 0.828. The summed E-state index contributed by atoms with van der Waals surface area (Å²) in [6.45, 7) is 3.47. The molecule has 0 amide bonds. The number of aliphatic hydroxyl groups is 1. The number of carboxylic acid groups (broad SMARTS) is 1. The van der Waals surface area contributed by atoms with Crippen LogP contribution in [0.4, 0.5) is 5.69 Å². The molecule has 0 saturated heterocycles. The number of terminal acetylenes is 1. The lowest BCUT2D eigenvalue weighted by molar-refractivity contribution is -0.384. The van der Waals surface area contributed by atoms with Crippen LogP contribution in [0.1, 0.15) is 30.6 Å². The molecule has 0 aliphatic heterocycles. The third-order valence-corrected chi connectivity index (χ3v) is 2.32. The summed E-state index contributed by atoms with van der Waals surface area (Å²) < 4.78 is 0. The van der Waals surface area contributed by atoms with Crippen LogP contribution < -0.4 is 0 Å². The van der Waals surface area contributed by atoms with E-state index in [0.29, 0.717) is 6.42 Å². The average molecular weight is 265 g/mol. The van der Waals surface area contributed by atoms with Gasteiger partial charge in [0.1, 0.15) is 5.60 Å². The number of non-ortho nitro benzene ring substituents is 1. The quantitative estimate of drug-likeness (QED) is 0.495. The van der Waals surface area contributed by atoms with Crippen LogP contribution in [-0.2, 0) is 0 Å². The summed E-state index contributed by atoms with van der Waals surface area (Å²) in [6, 6.07) is 4.70. The van der Waals surface area contributed by atoms with E-state index in [4.69, 9.17) is 16.6 Å². The van der Waals surface area contributed by atoms with Crippen molar-refractivity contribution in [1.82, 2.24) is 0 Å². The number of hydrogen-bond acceptors (Lipinski definition) is 4. The van der Waals surface area contributed by atoms with Gasteiger partial charge >= 0.3 is 5.97 Å². The van der Waals surface area contributed by atoms with Crippen LogP contribution in [0.2, 0.25) is 0 Å². The third-order valence-electron chi connectivity index (χ3n) is 2.32. The number of hydrogen-bond donors (Lipinski definition) is 2. The van der Waals surface area contributed by atoms with Crippen molar-refractivity contribution in [3.63, 3.8) is 0 Å². The summed E-state index contributed by atoms with van der Waals surface area (Å²) in [5.41, 5.74) is -0.958. The first-order valence-corrected chi connectivity index (χ1v) is 5.41. The van der Waals surface area contributed by atoms with Gasteiger partial charge in [0.2, 0.25) is 0 Å². The van der Waals surface area contributed by atoms with Crippen LogP contribution in [0.5, 0.6) is 0 Å². The van der Waals surface area contributed by atoms with Crippen molar-refractivity contribution in [3.8, 4) is 12.3 Å². The highest BCUT2D eigenvalue weighted by molar-refractivity contribution is 5.87. The van der Waals surface area contributed by atoms with Gasteiger partial charge in [-0.3, -0.25) is 10.1 Å². The van der Waals surface area contributed by atoms with Crippen molar-refractivity contribution >= 4 is 11.7 Å². The van der Waals surface area contributed by atoms with E-state index in [2.05, 4.69) is 5.92 Å². The molecule has 0 heterocycles. The van der Waals surface area contributed by atoms with Crippen LogP contribution in [0.3, 0.4) is 0 Å². The summed E-state index contributed by atoms with van der Waals surface area (Å²) in [6.07, 6.45) is 5.53. The van der Waals surface area contributed by atoms with Gasteiger partial charge in [-0.2, -0.15) is 0 Å². The largest absolute Gasteiger partial charge is 0.478 e. The van der Waals surface area contributed by atoms with Crippen molar-refractivity contribution in [3.05, 3.63) is 39.9 Å². The second kappa shape index (κ2) is 7.13. The molecule has 0 bridgehead atoms. The SMILES string of the molecule is C#CC(C)(O)CC.O=C(O)c1ccc([N+](=O)[O-])cc1. The Hall–Kier alpha value is -2.39. The van der Waals surface area contributed by atoms with Crippen molar-refractivity contribution in [1.29, 1.82) is 0 Å². The molecule has 0 aliphatic carbocycles. The normalized spacial score (nSPS) is 12.3. The molecule has 0 saturated carbocycles. The molecule has 2 N–H and O–H groups in total. The Kier molecular flexibility index (Phi) is 6.24. The van der Waals surface area contributed by atoms with Crippen LogP contribution in [0, 0.1) is 22.5 Å². The van der Waals surface area contributed by atoms with E-state index in [1.54, 1.807) is 6.92 Å². The Morgan fingerprint density at radius 3 is 2.16 bits per heavy atom. The average Bonchev–Trinajstić information content (AvgIpc) is 2.39. The molecule has 1 aromatic rings. The first-order valence-electron chi connectivity index (χ1n) is 5.41. The Morgan fingerprint density at radius 1 is 1.47 bits per heavy atom. The van der Waals surface area contributed by atoms with Gasteiger partial charge in [0.05, 0.1) is 10.5 Å². The molecule has 19 heavy (non-hydrogen) atoms. The van der Waals surface area contributed by atoms with Crippen LogP contribution in [-0.4, -0.2) is 26.7 Å². The number of nitro groups is 1. The van der Waals surface area contributed by atoms with E-state index >= 15 is 0 Å². The van der Waals surface area contributed by atoms with Crippen molar-refractivity contribution in [2.45, 2.75) is 25.9 Å². The molecule has 6 nitrogen and oxygen atoms in total. The monoisotopic (exact) mass is 265 g/mol. The first-order chi connectivity index (χ1) is 8.73. The highest BCUT2D eigenvalue weighted by Crippen LogP contribution is 2.11. The Balaban J connectivity index is 0.000000399. The van der Waals surface area contributed by atoms with Gasteiger partial charge in [0.25, 0.3) is 5.69 Å². The fourth-order valence-electron chi connectivity index (χ4n) is 0.828. The van der Waals surface area contributed by atoms with Crippen LogP contribution in [0.25, 0.3) is 0 Å². The smallest absolute Gasteiger partial charge is 0.335 e. The first kappa shape index (κ1) is 16.6. The Labute approximate surface area is 110 Å². The van der Waals surface area contributed by atoms with E-state index in [1.807, 2.05) is 6.92 Å². The van der Waals surface area contributed by atoms with Crippen molar-refractivity contribution in [2.75, 3.05) is 0 Å². The number of benzene rings is 1. The van der Waals surface area contributed by atoms with Gasteiger partial charge in [-0.1, -0.05) is 12.8 Å². The molecule has 1 atom stereocenters. The Morgan fingerprint density at radius 2 is 1.95 bits per heavy atom. The lowest BCUT2D eigenvalue weighted by Gasteiger charge is -2.10. The summed E-state index contributed by atoms with van der Waals surface area (Å²) >= 11 is 0. The summed E-state index contributed by atoms with van der Waals surface area (Å²) in [4.78, 5) is 19.9. The van der Waals surface area contributed by atoms with Crippen molar-refractivity contribution in [2.24, 2.45) is 0 Å². The standard InChI is InChI=1S/C7H5NO4.C6H10O/c9-7(10)5-1-3-6(4-2-5)8(11)12;1-4-6(3,7)5-2/h1-4H,(H,9,10);1,7H,5H2,2-3H3. The molecule has 6 heteroatoms. The van der Waals surface area contributed by atoms with E-state index in [1.165, 1.54) is 12.1 Å². The maximum absolute atomic E-state index is 10.3. The molecule has 1 unspecified atom stereocenters. The molecule has 1 rings (SSSR count). The molecule has 0 fully saturated rings. The number of aromatic carboxylic acids is 1. The number of nitrogens with zero attached hydrogens (tertiary/aromatic N) is 1. The maximum Gasteiger partial charge on any atom is 0.335 e. The van der Waals surface area contributed by atoms with E-state index in [-0.39, 0.29) is 11.3 Å². The second-order valence-electron chi connectivity index (χ2n) is 3.88. The van der Waals surface area contributed by atoms with Gasteiger partial charge in [0, 0.05) is 12.1 Å². The molecular formula is C13H15NO5. The number of carbonyl (C=O) groups is 1. The molecular weight excluding hydrogens is 250 g/mol. The number of rotatable bonds is 3. The zero-order valence-corrected chi connectivity index (χ0v) is 10.7. The number of carboxylic acids is 1. The molecule has 102 valence electrons. The topological polar surface area (TPSA) is 101 Å².